The Morgan fingerprint density at radius 1 is 1.41 bits per heavy atom. The molecule has 88 valence electrons. The van der Waals surface area contributed by atoms with Crippen LogP contribution < -0.4 is 5.32 Å². The number of rotatable bonds is 4. The number of aliphatic carboxylic acids is 1. The summed E-state index contributed by atoms with van der Waals surface area (Å²) >= 11 is 0. The van der Waals surface area contributed by atoms with E-state index in [1.165, 1.54) is 0 Å². The van der Waals surface area contributed by atoms with Crippen molar-refractivity contribution in [2.24, 2.45) is 0 Å². The number of hydrogen-bond acceptors (Lipinski definition) is 3. The van der Waals surface area contributed by atoms with Crippen LogP contribution in [0.3, 0.4) is 0 Å². The number of aromatic nitrogens is 2. The van der Waals surface area contributed by atoms with E-state index in [0.29, 0.717) is 5.69 Å². The first-order valence-electron chi connectivity index (χ1n) is 5.06. The Hall–Kier alpha value is -2.37. The predicted molar refractivity (Wildman–Crippen MR) is 59.5 cm³/mol. The van der Waals surface area contributed by atoms with Gasteiger partial charge >= 0.3 is 5.97 Å². The zero-order chi connectivity index (χ0) is 12.3. The van der Waals surface area contributed by atoms with Gasteiger partial charge in [0, 0.05) is 12.4 Å². The van der Waals surface area contributed by atoms with Crippen molar-refractivity contribution in [1.82, 2.24) is 14.7 Å². The van der Waals surface area contributed by atoms with Gasteiger partial charge in [0.05, 0.1) is 12.1 Å². The highest BCUT2D eigenvalue weighted by atomic mass is 16.4. The van der Waals surface area contributed by atoms with Gasteiger partial charge in [0.2, 0.25) is 5.91 Å². The summed E-state index contributed by atoms with van der Waals surface area (Å²) in [5, 5.41) is 10.7. The number of nitrogens with zero attached hydrogens (tertiary/aromatic N) is 2. The van der Waals surface area contributed by atoms with Crippen LogP contribution in [0.15, 0.2) is 30.6 Å². The van der Waals surface area contributed by atoms with E-state index in [1.807, 2.05) is 24.4 Å². The van der Waals surface area contributed by atoms with Gasteiger partial charge < -0.3 is 14.8 Å². The number of pyridine rings is 1. The van der Waals surface area contributed by atoms with Gasteiger partial charge in [-0.3, -0.25) is 9.59 Å². The molecule has 0 aliphatic carbocycles. The van der Waals surface area contributed by atoms with Gasteiger partial charge in [0.1, 0.15) is 12.2 Å². The maximum Gasteiger partial charge on any atom is 0.322 e. The van der Waals surface area contributed by atoms with E-state index >= 15 is 0 Å². The van der Waals surface area contributed by atoms with E-state index < -0.39 is 5.97 Å². The molecule has 2 N–H and O–H groups in total. The number of fused-ring (bicyclic) bond motifs is 1. The molecule has 0 spiro atoms. The van der Waals surface area contributed by atoms with E-state index in [0.717, 1.165) is 5.65 Å². The molecule has 0 aromatic carbocycles. The summed E-state index contributed by atoms with van der Waals surface area (Å²) in [6.07, 6.45) is 3.66. The third-order valence-corrected chi connectivity index (χ3v) is 2.19. The molecule has 0 radical (unpaired) electrons. The molecule has 17 heavy (non-hydrogen) atoms. The van der Waals surface area contributed by atoms with E-state index in [1.54, 1.807) is 10.6 Å². The minimum Gasteiger partial charge on any atom is -0.480 e. The van der Waals surface area contributed by atoms with E-state index in [9.17, 15) is 9.59 Å². The highest BCUT2D eigenvalue weighted by Crippen LogP contribution is 2.04. The van der Waals surface area contributed by atoms with Crippen LogP contribution in [-0.4, -0.2) is 32.9 Å². The molecule has 0 saturated carbocycles. The number of imidazole rings is 1. The molecule has 0 fully saturated rings. The highest BCUT2D eigenvalue weighted by Gasteiger charge is 2.08. The molecule has 1 amide bonds. The zero-order valence-corrected chi connectivity index (χ0v) is 8.96. The Morgan fingerprint density at radius 3 is 2.94 bits per heavy atom. The van der Waals surface area contributed by atoms with Crippen molar-refractivity contribution in [3.05, 3.63) is 36.3 Å². The monoisotopic (exact) mass is 233 g/mol. The lowest BCUT2D eigenvalue weighted by molar-refractivity contribution is -0.137. The lowest BCUT2D eigenvalue weighted by Crippen LogP contribution is -2.30. The first-order valence-corrected chi connectivity index (χ1v) is 5.06. The number of carboxylic acids is 1. The molecule has 0 bridgehead atoms. The van der Waals surface area contributed by atoms with Gasteiger partial charge in [0.25, 0.3) is 0 Å². The second-order valence-corrected chi connectivity index (χ2v) is 3.55. The minimum atomic E-state index is -1.06. The van der Waals surface area contributed by atoms with E-state index in [2.05, 4.69) is 10.3 Å². The number of nitrogens with one attached hydrogen (secondary N) is 1. The molecular formula is C11H11N3O3. The summed E-state index contributed by atoms with van der Waals surface area (Å²) in [7, 11) is 0. The van der Waals surface area contributed by atoms with Crippen molar-refractivity contribution < 1.29 is 14.7 Å². The second-order valence-electron chi connectivity index (χ2n) is 3.55. The van der Waals surface area contributed by atoms with Crippen LogP contribution in [-0.2, 0) is 16.0 Å². The molecule has 2 aromatic heterocycles. The topological polar surface area (TPSA) is 83.7 Å². The number of carbonyl (C=O) groups excluding carboxylic acids is 1. The SMILES string of the molecule is O=C(O)CNC(=O)Cc1cn2ccccc2n1. The first-order chi connectivity index (χ1) is 8.15. The summed E-state index contributed by atoms with van der Waals surface area (Å²) in [5.74, 6) is -1.41. The van der Waals surface area contributed by atoms with Gasteiger partial charge in [-0.1, -0.05) is 6.07 Å². The molecule has 2 rings (SSSR count). The van der Waals surface area contributed by atoms with Gasteiger partial charge in [-0.05, 0) is 12.1 Å². The van der Waals surface area contributed by atoms with Crippen molar-refractivity contribution in [3.63, 3.8) is 0 Å². The number of amides is 1. The zero-order valence-electron chi connectivity index (χ0n) is 8.96. The van der Waals surface area contributed by atoms with Gasteiger partial charge in [-0.25, -0.2) is 4.98 Å². The molecule has 0 aliphatic rings. The lowest BCUT2D eigenvalue weighted by atomic mass is 10.3. The molecule has 0 saturated heterocycles. The van der Waals surface area contributed by atoms with Crippen molar-refractivity contribution in [2.45, 2.75) is 6.42 Å². The summed E-state index contributed by atoms with van der Waals surface area (Å²) in [6.45, 7) is -0.369. The Bertz CT molecular complexity index is 529. The minimum absolute atomic E-state index is 0.0783. The van der Waals surface area contributed by atoms with Crippen LogP contribution in [0.25, 0.3) is 5.65 Å². The quantitative estimate of drug-likeness (QED) is 0.783. The summed E-state index contributed by atoms with van der Waals surface area (Å²) < 4.78 is 1.81. The fourth-order valence-corrected chi connectivity index (χ4v) is 1.47. The average molecular weight is 233 g/mol. The van der Waals surface area contributed by atoms with Gasteiger partial charge in [-0.2, -0.15) is 0 Å². The Labute approximate surface area is 96.9 Å². The average Bonchev–Trinajstić information content (AvgIpc) is 2.68. The Morgan fingerprint density at radius 2 is 2.24 bits per heavy atom. The largest absolute Gasteiger partial charge is 0.480 e. The standard InChI is InChI=1S/C11H11N3O3/c15-10(12-6-11(16)17)5-8-7-14-4-2-1-3-9(14)13-8/h1-4,7H,5-6H2,(H,12,15)(H,16,17). The van der Waals surface area contributed by atoms with E-state index in [4.69, 9.17) is 5.11 Å². The molecule has 0 aliphatic heterocycles. The molecular weight excluding hydrogens is 222 g/mol. The van der Waals surface area contributed by atoms with Crippen molar-refractivity contribution in [3.8, 4) is 0 Å². The van der Waals surface area contributed by atoms with Crippen molar-refractivity contribution in [1.29, 1.82) is 0 Å². The maximum absolute atomic E-state index is 11.4. The van der Waals surface area contributed by atoms with Crippen LogP contribution in [0.4, 0.5) is 0 Å². The molecule has 6 nitrogen and oxygen atoms in total. The molecule has 6 heteroatoms. The van der Waals surface area contributed by atoms with Crippen LogP contribution >= 0.6 is 0 Å². The smallest absolute Gasteiger partial charge is 0.322 e. The maximum atomic E-state index is 11.4. The Kier molecular flexibility index (Phi) is 3.04. The third-order valence-electron chi connectivity index (χ3n) is 2.19. The summed E-state index contributed by atoms with van der Waals surface area (Å²) in [5.41, 5.74) is 1.37. The molecule has 2 aromatic rings. The molecule has 2 heterocycles. The molecule has 0 unspecified atom stereocenters. The summed E-state index contributed by atoms with van der Waals surface area (Å²) in [6, 6.07) is 5.55. The molecule has 0 atom stereocenters. The van der Waals surface area contributed by atoms with Crippen LogP contribution in [0.5, 0.6) is 0 Å². The fourth-order valence-electron chi connectivity index (χ4n) is 1.47. The van der Waals surface area contributed by atoms with Crippen molar-refractivity contribution >= 4 is 17.5 Å². The predicted octanol–water partition coefficient (Wildman–Crippen LogP) is 0.0776. The van der Waals surface area contributed by atoms with Crippen LogP contribution in [0.2, 0.25) is 0 Å². The van der Waals surface area contributed by atoms with Crippen molar-refractivity contribution in [2.75, 3.05) is 6.54 Å². The van der Waals surface area contributed by atoms with Gasteiger partial charge in [0.15, 0.2) is 0 Å². The summed E-state index contributed by atoms with van der Waals surface area (Å²) in [4.78, 5) is 25.9. The number of carboxylic acid groups (broad SMARTS) is 1. The van der Waals surface area contributed by atoms with Crippen LogP contribution in [0, 0.1) is 0 Å². The number of hydrogen-bond donors (Lipinski definition) is 2. The second kappa shape index (κ2) is 4.65. The Balaban J connectivity index is 2.03. The first kappa shape index (κ1) is 11.1. The van der Waals surface area contributed by atoms with Gasteiger partial charge in [-0.15, -0.1) is 0 Å². The lowest BCUT2D eigenvalue weighted by Gasteiger charge is -1.98. The van der Waals surface area contributed by atoms with E-state index in [-0.39, 0.29) is 18.9 Å². The normalized spacial score (nSPS) is 10.4. The fraction of sp³-hybridized carbons (Fsp3) is 0.182. The third kappa shape index (κ3) is 2.81. The highest BCUT2D eigenvalue weighted by molar-refractivity contribution is 5.82. The van der Waals surface area contributed by atoms with Crippen LogP contribution in [0.1, 0.15) is 5.69 Å². The number of carbonyl (C=O) groups is 2.